The van der Waals surface area contributed by atoms with Gasteiger partial charge in [0.05, 0.1) is 0 Å². The Morgan fingerprint density at radius 2 is 1.94 bits per heavy atom. The van der Waals surface area contributed by atoms with Crippen molar-refractivity contribution in [3.05, 3.63) is 34.9 Å². The predicted octanol–water partition coefficient (Wildman–Crippen LogP) is 2.40. The van der Waals surface area contributed by atoms with Gasteiger partial charge in [-0.05, 0) is 12.8 Å². The summed E-state index contributed by atoms with van der Waals surface area (Å²) >= 11 is 6.09. The molecule has 0 aliphatic heterocycles. The Labute approximate surface area is 103 Å². The van der Waals surface area contributed by atoms with Crippen LogP contribution in [0.1, 0.15) is 12.8 Å². The largest absolute Gasteiger partial charge is 0.286 e. The van der Waals surface area contributed by atoms with Gasteiger partial charge in [0.1, 0.15) is 5.84 Å². The molecule has 1 aromatic heterocycles. The second-order valence-electron chi connectivity index (χ2n) is 4.26. The van der Waals surface area contributed by atoms with Gasteiger partial charge in [0.2, 0.25) is 0 Å². The Morgan fingerprint density at radius 3 is 2.59 bits per heavy atom. The van der Waals surface area contributed by atoms with Gasteiger partial charge in [-0.15, -0.1) is 0 Å². The van der Waals surface area contributed by atoms with Gasteiger partial charge in [0.25, 0.3) is 0 Å². The quantitative estimate of drug-likeness (QED) is 0.589. The lowest BCUT2D eigenvalue weighted by atomic mass is 10.2. The SMILES string of the molecule is N=C(C1CC1)n1nc(Cl)c2ccccc2c1=N. The van der Waals surface area contributed by atoms with E-state index in [-0.39, 0.29) is 11.4 Å². The number of benzene rings is 1. The van der Waals surface area contributed by atoms with Crippen LogP contribution in [0.15, 0.2) is 24.3 Å². The summed E-state index contributed by atoms with van der Waals surface area (Å²) in [5, 5.41) is 22.0. The normalized spacial score (nSPS) is 15.1. The fraction of sp³-hybridized carbons (Fsp3) is 0.250. The van der Waals surface area contributed by atoms with Gasteiger partial charge in [-0.1, -0.05) is 35.9 Å². The molecule has 0 atom stereocenters. The van der Waals surface area contributed by atoms with Crippen LogP contribution in [0.4, 0.5) is 0 Å². The first kappa shape index (κ1) is 10.5. The van der Waals surface area contributed by atoms with E-state index in [1.165, 1.54) is 4.68 Å². The van der Waals surface area contributed by atoms with Crippen molar-refractivity contribution >= 4 is 28.2 Å². The Bertz CT molecular complexity index is 670. The Kier molecular flexibility index (Phi) is 2.26. The number of hydrogen-bond donors (Lipinski definition) is 2. The van der Waals surface area contributed by atoms with Crippen LogP contribution in [-0.2, 0) is 0 Å². The standard InChI is InChI=1S/C12H11ClN4/c13-10-8-3-1-2-4-9(8)12(15)17(16-10)11(14)7-5-6-7/h1-4,7,14-15H,5-6H2. The van der Waals surface area contributed by atoms with Crippen molar-refractivity contribution in [1.82, 2.24) is 9.78 Å². The van der Waals surface area contributed by atoms with Crippen LogP contribution in [0.3, 0.4) is 0 Å². The van der Waals surface area contributed by atoms with Crippen LogP contribution in [0.2, 0.25) is 5.15 Å². The van der Waals surface area contributed by atoms with Gasteiger partial charge in [0.15, 0.2) is 10.6 Å². The van der Waals surface area contributed by atoms with Crippen molar-refractivity contribution in [2.75, 3.05) is 0 Å². The minimum atomic E-state index is 0.238. The van der Waals surface area contributed by atoms with Crippen molar-refractivity contribution in [2.45, 2.75) is 12.8 Å². The number of aromatic nitrogens is 2. The lowest BCUT2D eigenvalue weighted by molar-refractivity contribution is 0.794. The average molecular weight is 247 g/mol. The van der Waals surface area contributed by atoms with Crippen LogP contribution in [0.25, 0.3) is 10.8 Å². The maximum atomic E-state index is 8.09. The summed E-state index contributed by atoms with van der Waals surface area (Å²) in [7, 11) is 0. The molecule has 4 nitrogen and oxygen atoms in total. The Morgan fingerprint density at radius 1 is 1.29 bits per heavy atom. The molecule has 2 N–H and O–H groups in total. The van der Waals surface area contributed by atoms with Gasteiger partial charge >= 0.3 is 0 Å². The zero-order chi connectivity index (χ0) is 12.0. The molecule has 0 unspecified atom stereocenters. The maximum Gasteiger partial charge on any atom is 0.158 e. The monoisotopic (exact) mass is 246 g/mol. The molecule has 0 saturated heterocycles. The molecule has 5 heteroatoms. The summed E-state index contributed by atoms with van der Waals surface area (Å²) in [6.45, 7) is 0. The van der Waals surface area contributed by atoms with Gasteiger partial charge in [-0.3, -0.25) is 10.8 Å². The highest BCUT2D eigenvalue weighted by Crippen LogP contribution is 2.30. The smallest absolute Gasteiger partial charge is 0.158 e. The van der Waals surface area contributed by atoms with E-state index in [0.29, 0.717) is 11.0 Å². The molecule has 1 aromatic carbocycles. The Balaban J connectivity index is 2.30. The second kappa shape index (κ2) is 3.67. The third-order valence-corrected chi connectivity index (χ3v) is 3.28. The van der Waals surface area contributed by atoms with Crippen molar-refractivity contribution < 1.29 is 0 Å². The van der Waals surface area contributed by atoms with E-state index in [1.807, 2.05) is 24.3 Å². The van der Waals surface area contributed by atoms with Crippen molar-refractivity contribution in [3.63, 3.8) is 0 Å². The maximum absolute atomic E-state index is 8.09. The number of fused-ring (bicyclic) bond motifs is 1. The third kappa shape index (κ3) is 1.65. The highest BCUT2D eigenvalue weighted by molar-refractivity contribution is 6.34. The molecule has 17 heavy (non-hydrogen) atoms. The van der Waals surface area contributed by atoms with Gasteiger partial charge < -0.3 is 0 Å². The lowest BCUT2D eigenvalue weighted by Gasteiger charge is -2.09. The average Bonchev–Trinajstić information content (AvgIpc) is 3.17. The van der Waals surface area contributed by atoms with Crippen molar-refractivity contribution in [2.24, 2.45) is 5.92 Å². The predicted molar refractivity (Wildman–Crippen MR) is 66.4 cm³/mol. The molecule has 0 spiro atoms. The summed E-state index contributed by atoms with van der Waals surface area (Å²) in [6, 6.07) is 7.41. The molecular formula is C12H11ClN4. The van der Waals surface area contributed by atoms with Crippen molar-refractivity contribution in [1.29, 1.82) is 10.8 Å². The number of rotatable bonds is 1. The minimum Gasteiger partial charge on any atom is -0.286 e. The molecule has 0 amide bonds. The van der Waals surface area contributed by atoms with E-state index in [1.54, 1.807) is 0 Å². The molecule has 1 aliphatic carbocycles. The molecule has 2 aromatic rings. The molecule has 0 radical (unpaired) electrons. The van der Waals surface area contributed by atoms with Gasteiger partial charge in [-0.2, -0.15) is 9.78 Å². The van der Waals surface area contributed by atoms with Crippen LogP contribution in [-0.4, -0.2) is 15.6 Å². The lowest BCUT2D eigenvalue weighted by Crippen LogP contribution is -2.30. The number of nitrogens with one attached hydrogen (secondary N) is 2. The van der Waals surface area contributed by atoms with E-state index in [2.05, 4.69) is 5.10 Å². The second-order valence-corrected chi connectivity index (χ2v) is 4.61. The molecule has 3 rings (SSSR count). The van der Waals surface area contributed by atoms with E-state index < -0.39 is 0 Å². The molecule has 1 heterocycles. The zero-order valence-electron chi connectivity index (χ0n) is 9.07. The number of nitrogens with zero attached hydrogens (tertiary/aromatic N) is 2. The molecular weight excluding hydrogens is 236 g/mol. The molecule has 1 aliphatic rings. The first-order valence-electron chi connectivity index (χ1n) is 5.49. The van der Waals surface area contributed by atoms with Crippen LogP contribution in [0, 0.1) is 16.7 Å². The number of halogens is 1. The van der Waals surface area contributed by atoms with E-state index >= 15 is 0 Å². The van der Waals surface area contributed by atoms with Crippen LogP contribution < -0.4 is 5.49 Å². The first-order chi connectivity index (χ1) is 8.18. The van der Waals surface area contributed by atoms with Gasteiger partial charge in [-0.25, -0.2) is 0 Å². The number of hydrogen-bond acceptors (Lipinski definition) is 3. The summed E-state index contributed by atoms with van der Waals surface area (Å²) in [5.41, 5.74) is 0.238. The fourth-order valence-corrected chi connectivity index (χ4v) is 2.12. The fourth-order valence-electron chi connectivity index (χ4n) is 1.88. The topological polar surface area (TPSA) is 65.5 Å². The molecule has 1 fully saturated rings. The third-order valence-electron chi connectivity index (χ3n) is 3.00. The van der Waals surface area contributed by atoms with Crippen molar-refractivity contribution in [3.8, 4) is 0 Å². The zero-order valence-corrected chi connectivity index (χ0v) is 9.83. The van der Waals surface area contributed by atoms with Crippen LogP contribution >= 0.6 is 11.6 Å². The summed E-state index contributed by atoms with van der Waals surface area (Å²) in [5.74, 6) is 0.622. The molecule has 86 valence electrons. The Hall–Kier alpha value is -1.68. The minimum absolute atomic E-state index is 0.238. The van der Waals surface area contributed by atoms with E-state index in [4.69, 9.17) is 22.4 Å². The highest BCUT2D eigenvalue weighted by atomic mass is 35.5. The molecule has 0 bridgehead atoms. The van der Waals surface area contributed by atoms with E-state index in [9.17, 15) is 0 Å². The van der Waals surface area contributed by atoms with E-state index in [0.717, 1.165) is 23.6 Å². The first-order valence-corrected chi connectivity index (χ1v) is 5.87. The molecule has 1 saturated carbocycles. The summed E-state index contributed by atoms with van der Waals surface area (Å²) in [4.78, 5) is 0. The highest BCUT2D eigenvalue weighted by Gasteiger charge is 2.28. The summed E-state index contributed by atoms with van der Waals surface area (Å²) in [6.07, 6.45) is 2.02. The summed E-state index contributed by atoms with van der Waals surface area (Å²) < 4.78 is 1.35. The van der Waals surface area contributed by atoms with Crippen LogP contribution in [0.5, 0.6) is 0 Å². The van der Waals surface area contributed by atoms with Gasteiger partial charge in [0, 0.05) is 16.7 Å².